The number of carbonyl (C=O) groups is 3. The predicted octanol–water partition coefficient (Wildman–Crippen LogP) is 3.35. The van der Waals surface area contributed by atoms with Crippen LogP contribution in [0.2, 0.25) is 0 Å². The Labute approximate surface area is 204 Å². The lowest BCUT2D eigenvalue weighted by Crippen LogP contribution is -2.52. The number of hydrogen-bond donors (Lipinski definition) is 1. The molecule has 2 saturated heterocycles. The molecule has 3 aliphatic heterocycles. The van der Waals surface area contributed by atoms with E-state index in [1.807, 2.05) is 0 Å². The van der Waals surface area contributed by atoms with Gasteiger partial charge in [0.25, 0.3) is 5.91 Å². The molecule has 3 amide bonds. The van der Waals surface area contributed by atoms with E-state index in [1.165, 1.54) is 43.2 Å². The van der Waals surface area contributed by atoms with E-state index in [4.69, 9.17) is 4.74 Å². The summed E-state index contributed by atoms with van der Waals surface area (Å²) in [7, 11) is 0. The molecule has 1 unspecified atom stereocenters. The molecule has 4 rings (SSSR count). The smallest absolute Gasteiger partial charge is 0.258 e. The zero-order valence-electron chi connectivity index (χ0n) is 19.7. The van der Waals surface area contributed by atoms with E-state index in [0.717, 1.165) is 49.8 Å². The van der Waals surface area contributed by atoms with Gasteiger partial charge >= 0.3 is 0 Å². The van der Waals surface area contributed by atoms with E-state index in [0.29, 0.717) is 5.56 Å². The first-order chi connectivity index (χ1) is 16.5. The van der Waals surface area contributed by atoms with Crippen molar-refractivity contribution in [2.24, 2.45) is 0 Å². The van der Waals surface area contributed by atoms with Gasteiger partial charge in [0, 0.05) is 36.5 Å². The van der Waals surface area contributed by atoms with Crippen LogP contribution in [0.1, 0.15) is 67.3 Å². The van der Waals surface area contributed by atoms with Gasteiger partial charge < -0.3 is 9.64 Å². The van der Waals surface area contributed by atoms with E-state index in [1.54, 1.807) is 17.8 Å². The van der Waals surface area contributed by atoms with E-state index in [2.05, 4.69) is 10.2 Å². The molecule has 34 heavy (non-hydrogen) atoms. The molecule has 9 heteroatoms. The zero-order valence-corrected chi connectivity index (χ0v) is 20.5. The predicted molar refractivity (Wildman–Crippen MR) is 128 cm³/mol. The van der Waals surface area contributed by atoms with Gasteiger partial charge in [0.15, 0.2) is 0 Å². The van der Waals surface area contributed by atoms with Crippen molar-refractivity contribution >= 4 is 29.5 Å². The first-order valence-electron chi connectivity index (χ1n) is 12.4. The van der Waals surface area contributed by atoms with Crippen LogP contribution in [0.25, 0.3) is 0 Å². The quantitative estimate of drug-likeness (QED) is 0.291. The molecule has 1 aromatic rings. The monoisotopic (exact) mass is 491 g/mol. The highest BCUT2D eigenvalue weighted by Gasteiger charge is 2.41. The van der Waals surface area contributed by atoms with Gasteiger partial charge in [0.2, 0.25) is 11.8 Å². The van der Waals surface area contributed by atoms with Gasteiger partial charge in [-0.25, -0.2) is 4.39 Å². The number of unbranched alkanes of at least 4 members (excludes halogenated alkanes) is 5. The molecule has 0 radical (unpaired) electrons. The molecule has 7 nitrogen and oxygen atoms in total. The Kier molecular flexibility index (Phi) is 8.97. The lowest BCUT2D eigenvalue weighted by atomic mass is 10.0. The average molecular weight is 492 g/mol. The molecular weight excluding hydrogens is 457 g/mol. The maximum absolute atomic E-state index is 14.5. The van der Waals surface area contributed by atoms with Crippen molar-refractivity contribution in [2.45, 2.75) is 68.8 Å². The van der Waals surface area contributed by atoms with Crippen LogP contribution in [0, 0.1) is 5.82 Å². The van der Waals surface area contributed by atoms with Crippen LogP contribution in [0.5, 0.6) is 0 Å². The van der Waals surface area contributed by atoms with E-state index >= 15 is 0 Å². The number of morpholine rings is 1. The zero-order chi connectivity index (χ0) is 23.9. The van der Waals surface area contributed by atoms with Gasteiger partial charge in [-0.15, -0.1) is 11.8 Å². The molecule has 0 bridgehead atoms. The Morgan fingerprint density at radius 1 is 1.03 bits per heavy atom. The first kappa shape index (κ1) is 25.1. The molecule has 3 aliphatic rings. The van der Waals surface area contributed by atoms with Crippen molar-refractivity contribution in [1.29, 1.82) is 0 Å². The number of rotatable bonds is 11. The van der Waals surface area contributed by atoms with E-state index in [-0.39, 0.29) is 30.9 Å². The summed E-state index contributed by atoms with van der Waals surface area (Å²) in [6.45, 7) is 5.21. The van der Waals surface area contributed by atoms with E-state index in [9.17, 15) is 18.8 Å². The minimum atomic E-state index is -0.724. The van der Waals surface area contributed by atoms with Crippen molar-refractivity contribution in [2.75, 3.05) is 38.6 Å². The molecule has 0 spiro atoms. The van der Waals surface area contributed by atoms with Crippen LogP contribution < -0.4 is 5.32 Å². The van der Waals surface area contributed by atoms with Gasteiger partial charge in [-0.2, -0.15) is 0 Å². The van der Waals surface area contributed by atoms with Crippen LogP contribution in [-0.2, 0) is 20.9 Å². The van der Waals surface area contributed by atoms with Crippen molar-refractivity contribution in [3.8, 4) is 0 Å². The Morgan fingerprint density at radius 2 is 1.76 bits per heavy atom. The van der Waals surface area contributed by atoms with Gasteiger partial charge in [-0.1, -0.05) is 25.7 Å². The Bertz CT molecular complexity index is 906. The van der Waals surface area contributed by atoms with E-state index < -0.39 is 23.7 Å². The Balaban J connectivity index is 1.19. The summed E-state index contributed by atoms with van der Waals surface area (Å²) >= 11 is 1.65. The van der Waals surface area contributed by atoms with Crippen LogP contribution in [-0.4, -0.2) is 72.2 Å². The number of nitrogens with one attached hydrogen (secondary N) is 1. The molecule has 1 aromatic carbocycles. The minimum absolute atomic E-state index is 0.0787. The van der Waals surface area contributed by atoms with Gasteiger partial charge in [0.1, 0.15) is 11.9 Å². The highest BCUT2D eigenvalue weighted by Crippen LogP contribution is 2.36. The number of fused-ring (bicyclic) bond motifs is 1. The van der Waals surface area contributed by atoms with Crippen molar-refractivity contribution in [3.63, 3.8) is 0 Å². The second-order valence-electron chi connectivity index (χ2n) is 9.22. The molecule has 0 aliphatic carbocycles. The highest BCUT2D eigenvalue weighted by molar-refractivity contribution is 7.99. The largest absolute Gasteiger partial charge is 0.379 e. The number of benzene rings is 1. The fourth-order valence-electron chi connectivity index (χ4n) is 4.89. The number of imide groups is 1. The number of amides is 3. The van der Waals surface area contributed by atoms with Gasteiger partial charge in [-0.3, -0.25) is 24.6 Å². The standard InChI is InChI=1S/C25H34FN3O4S/c26-19-7-9-21(34-16-6-4-2-1-3-5-11-28-12-14-33-15-13-28)18-17-29(25(32)23(18)19)20-8-10-22(30)27-24(20)31/h7,9,20H,1-6,8,10-17H2,(H,27,30,31). The Morgan fingerprint density at radius 3 is 2.53 bits per heavy atom. The molecule has 1 atom stereocenters. The molecule has 3 heterocycles. The third kappa shape index (κ3) is 6.17. The number of halogens is 1. The molecule has 1 N–H and O–H groups in total. The maximum atomic E-state index is 14.5. The van der Waals surface area contributed by atoms with Crippen LogP contribution in [0.4, 0.5) is 4.39 Å². The summed E-state index contributed by atoms with van der Waals surface area (Å²) in [5.41, 5.74) is 0.748. The summed E-state index contributed by atoms with van der Waals surface area (Å²) in [5.74, 6) is -0.891. The normalized spacial score (nSPS) is 21.1. The number of ether oxygens (including phenoxy) is 1. The summed E-state index contributed by atoms with van der Waals surface area (Å²) in [5, 5.41) is 2.29. The molecule has 186 valence electrons. The molecule has 2 fully saturated rings. The fraction of sp³-hybridized carbons (Fsp3) is 0.640. The summed E-state index contributed by atoms with van der Waals surface area (Å²) < 4.78 is 19.9. The van der Waals surface area contributed by atoms with Crippen molar-refractivity contribution in [3.05, 3.63) is 29.1 Å². The Hall–Kier alpha value is -1.97. The van der Waals surface area contributed by atoms with Crippen molar-refractivity contribution in [1.82, 2.24) is 15.1 Å². The minimum Gasteiger partial charge on any atom is -0.379 e. The SMILES string of the molecule is O=C1CCC(N2Cc3c(SCCCCCCCCN4CCOCC4)ccc(F)c3C2=O)C(=O)N1. The molecule has 0 saturated carbocycles. The lowest BCUT2D eigenvalue weighted by Gasteiger charge is -2.29. The number of carbonyl (C=O) groups excluding carboxylic acids is 3. The maximum Gasteiger partial charge on any atom is 0.258 e. The second kappa shape index (κ2) is 12.1. The van der Waals surface area contributed by atoms with Crippen LogP contribution >= 0.6 is 11.8 Å². The second-order valence-corrected chi connectivity index (χ2v) is 10.4. The number of piperidine rings is 1. The highest BCUT2D eigenvalue weighted by atomic mass is 32.2. The molecular formula is C25H34FN3O4S. The first-order valence-corrected chi connectivity index (χ1v) is 13.4. The summed E-state index contributed by atoms with van der Waals surface area (Å²) in [6, 6.07) is 2.37. The average Bonchev–Trinajstić information content (AvgIpc) is 3.18. The fourth-order valence-corrected chi connectivity index (χ4v) is 5.97. The molecule has 0 aromatic heterocycles. The van der Waals surface area contributed by atoms with Gasteiger partial charge in [-0.05, 0) is 43.7 Å². The van der Waals surface area contributed by atoms with Crippen LogP contribution in [0.3, 0.4) is 0 Å². The van der Waals surface area contributed by atoms with Crippen molar-refractivity contribution < 1.29 is 23.5 Å². The number of hydrogen-bond acceptors (Lipinski definition) is 6. The summed E-state index contributed by atoms with van der Waals surface area (Å²) in [6.07, 6.45) is 7.67. The van der Waals surface area contributed by atoms with Crippen LogP contribution in [0.15, 0.2) is 17.0 Å². The number of nitrogens with zero attached hydrogens (tertiary/aromatic N) is 2. The van der Waals surface area contributed by atoms with Gasteiger partial charge in [0.05, 0.1) is 18.8 Å². The third-order valence-corrected chi connectivity index (χ3v) is 8.02. The topological polar surface area (TPSA) is 79.0 Å². The number of thioether (sulfide) groups is 1. The third-order valence-electron chi connectivity index (χ3n) is 6.84. The lowest BCUT2D eigenvalue weighted by molar-refractivity contribution is -0.136. The summed E-state index contributed by atoms with van der Waals surface area (Å²) in [4.78, 5) is 41.4.